The molecule has 158 valence electrons. The van der Waals surface area contributed by atoms with E-state index in [0.717, 1.165) is 53.7 Å². The number of amides is 1. The van der Waals surface area contributed by atoms with Gasteiger partial charge in [0, 0.05) is 43.2 Å². The normalized spacial score (nSPS) is 25.5. The van der Waals surface area contributed by atoms with Gasteiger partial charge in [-0.25, -0.2) is 4.98 Å². The summed E-state index contributed by atoms with van der Waals surface area (Å²) in [7, 11) is 2.05. The van der Waals surface area contributed by atoms with Crippen LogP contribution in [0.25, 0.3) is 11.0 Å². The number of carbonyl (C=O) groups is 1. The average Bonchev–Trinajstić information content (AvgIpc) is 3.35. The lowest BCUT2D eigenvalue weighted by molar-refractivity contribution is -0.0261. The van der Waals surface area contributed by atoms with E-state index in [4.69, 9.17) is 0 Å². The first kappa shape index (κ1) is 18.8. The maximum absolute atomic E-state index is 13.7. The van der Waals surface area contributed by atoms with Crippen molar-refractivity contribution in [2.75, 3.05) is 6.54 Å². The Labute approximate surface area is 182 Å². The van der Waals surface area contributed by atoms with Crippen LogP contribution in [0.5, 0.6) is 0 Å². The van der Waals surface area contributed by atoms with Crippen LogP contribution in [-0.2, 0) is 25.3 Å². The number of aromatic nitrogens is 2. The molecule has 1 aromatic heterocycles. The van der Waals surface area contributed by atoms with Crippen LogP contribution in [0.1, 0.15) is 54.2 Å². The lowest BCUT2D eigenvalue weighted by atomic mass is 9.51. The van der Waals surface area contributed by atoms with Crippen LogP contribution in [0.15, 0.2) is 41.7 Å². The van der Waals surface area contributed by atoms with Crippen LogP contribution < -0.4 is 0 Å². The van der Waals surface area contributed by atoms with E-state index in [-0.39, 0.29) is 22.8 Å². The van der Waals surface area contributed by atoms with Crippen molar-refractivity contribution in [3.8, 4) is 0 Å². The zero-order valence-electron chi connectivity index (χ0n) is 18.6. The number of aliphatic imine (C=N–C) groups is 1. The molecule has 2 bridgehead atoms. The fourth-order valence-electron chi connectivity index (χ4n) is 6.19. The Kier molecular flexibility index (Phi) is 3.67. The highest BCUT2D eigenvalue weighted by molar-refractivity contribution is 5.96. The van der Waals surface area contributed by atoms with Crippen LogP contribution in [0.4, 0.5) is 5.69 Å². The molecule has 1 fully saturated rings. The molecule has 3 aliphatic rings. The summed E-state index contributed by atoms with van der Waals surface area (Å²) in [5.74, 6) is 0.153. The molecule has 2 aliphatic heterocycles. The third-order valence-electron chi connectivity index (χ3n) is 8.57. The van der Waals surface area contributed by atoms with Gasteiger partial charge >= 0.3 is 0 Å². The van der Waals surface area contributed by atoms with Crippen molar-refractivity contribution in [2.45, 2.75) is 51.5 Å². The molecule has 1 saturated heterocycles. The molecule has 0 unspecified atom stereocenters. The molecule has 3 heterocycles. The molecule has 1 amide bonds. The highest BCUT2D eigenvalue weighted by atomic mass is 16.2. The minimum atomic E-state index is -0.0315. The molecule has 31 heavy (non-hydrogen) atoms. The number of hydrogen-bond acceptors (Lipinski definition) is 3. The van der Waals surface area contributed by atoms with Gasteiger partial charge in [-0.15, -0.1) is 0 Å². The van der Waals surface area contributed by atoms with Crippen LogP contribution in [-0.4, -0.2) is 39.2 Å². The topological polar surface area (TPSA) is 50.5 Å². The summed E-state index contributed by atoms with van der Waals surface area (Å²) >= 11 is 0. The zero-order valence-corrected chi connectivity index (χ0v) is 18.6. The molecule has 6 rings (SSSR count). The van der Waals surface area contributed by atoms with E-state index in [1.807, 2.05) is 37.8 Å². The molecule has 5 heteroatoms. The van der Waals surface area contributed by atoms with E-state index in [2.05, 4.69) is 52.3 Å². The number of nitrogens with zero attached hydrogens (tertiary/aromatic N) is 4. The average molecular weight is 413 g/mol. The number of fused-ring (bicyclic) bond motifs is 6. The van der Waals surface area contributed by atoms with Crippen molar-refractivity contribution < 1.29 is 4.79 Å². The molecule has 5 nitrogen and oxygen atoms in total. The number of likely N-dealkylation sites (tertiary alicyclic amines) is 1. The Bertz CT molecular complexity index is 1280. The van der Waals surface area contributed by atoms with Gasteiger partial charge in [-0.05, 0) is 65.3 Å². The van der Waals surface area contributed by atoms with Crippen LogP contribution in [0.3, 0.4) is 0 Å². The van der Waals surface area contributed by atoms with Crippen molar-refractivity contribution in [3.05, 3.63) is 58.9 Å². The van der Waals surface area contributed by atoms with Crippen molar-refractivity contribution >= 4 is 28.8 Å². The Balaban J connectivity index is 1.43. The Morgan fingerprint density at radius 3 is 2.81 bits per heavy atom. The number of aryl methyl sites for hydroxylation is 1. The summed E-state index contributed by atoms with van der Waals surface area (Å²) < 4.78 is 2.09. The van der Waals surface area contributed by atoms with Crippen molar-refractivity contribution in [2.24, 2.45) is 17.5 Å². The van der Waals surface area contributed by atoms with Gasteiger partial charge in [-0.3, -0.25) is 9.79 Å². The second-order valence-electron chi connectivity index (χ2n) is 10.2. The Hall–Kier alpha value is -2.95. The summed E-state index contributed by atoms with van der Waals surface area (Å²) in [6.07, 6.45) is 6.48. The predicted molar refractivity (Wildman–Crippen MR) is 123 cm³/mol. The van der Waals surface area contributed by atoms with Crippen molar-refractivity contribution in [1.82, 2.24) is 14.5 Å². The third kappa shape index (κ3) is 2.40. The Morgan fingerprint density at radius 2 is 1.97 bits per heavy atom. The fraction of sp³-hybridized carbons (Fsp3) is 0.423. The van der Waals surface area contributed by atoms with Crippen LogP contribution >= 0.6 is 0 Å². The van der Waals surface area contributed by atoms with E-state index in [1.54, 1.807) is 0 Å². The lowest BCUT2D eigenvalue weighted by Crippen LogP contribution is -2.64. The number of rotatable bonds is 1. The predicted octanol–water partition coefficient (Wildman–Crippen LogP) is 4.59. The molecule has 0 saturated carbocycles. The summed E-state index contributed by atoms with van der Waals surface area (Å²) in [4.78, 5) is 24.8. The van der Waals surface area contributed by atoms with Gasteiger partial charge in [0.1, 0.15) is 0 Å². The van der Waals surface area contributed by atoms with Gasteiger partial charge in [0.15, 0.2) is 0 Å². The first-order valence-electron chi connectivity index (χ1n) is 11.2. The number of hydrogen-bond donors (Lipinski definition) is 0. The molecule has 0 radical (unpaired) electrons. The van der Waals surface area contributed by atoms with Gasteiger partial charge < -0.3 is 9.47 Å². The first-order chi connectivity index (χ1) is 14.8. The molecule has 3 aromatic rings. The summed E-state index contributed by atoms with van der Waals surface area (Å²) in [5, 5.41) is 0. The van der Waals surface area contributed by atoms with Gasteiger partial charge in [-0.1, -0.05) is 20.8 Å². The quantitative estimate of drug-likeness (QED) is 0.587. The van der Waals surface area contributed by atoms with Gasteiger partial charge in [0.2, 0.25) is 0 Å². The summed E-state index contributed by atoms with van der Waals surface area (Å²) in [5.41, 5.74) is 7.93. The SMILES string of the molecule is Cn1cnc2cc3c(cc21)C[C@H]1N(C(=O)c2ccc4c(c2)CC=N4)CC[C@]3(C)C1(C)C. The third-order valence-corrected chi connectivity index (χ3v) is 8.57. The standard InChI is InChI=1S/C26H28N4O/c1-25(2)23-13-18-12-22-21(28-15-29(22)4)14-19(18)26(25,3)8-10-30(23)24(31)17-5-6-20-16(11-17)7-9-27-20/h5-6,9,11-12,14-15,23H,7-8,10,13H2,1-4H3/t23-,26+/m1/s1. The lowest BCUT2D eigenvalue weighted by Gasteiger charge is -2.60. The van der Waals surface area contributed by atoms with Crippen LogP contribution in [0, 0.1) is 5.41 Å². The summed E-state index contributed by atoms with van der Waals surface area (Å²) in [6, 6.07) is 10.8. The highest BCUT2D eigenvalue weighted by Gasteiger charge is 2.57. The molecule has 1 aliphatic carbocycles. The summed E-state index contributed by atoms with van der Waals surface area (Å²) in [6.45, 7) is 7.87. The van der Waals surface area contributed by atoms with E-state index in [0.29, 0.717) is 0 Å². The molecular formula is C26H28N4O. The van der Waals surface area contributed by atoms with Crippen LogP contribution in [0.2, 0.25) is 0 Å². The molecule has 2 aromatic carbocycles. The number of piperidine rings is 1. The van der Waals surface area contributed by atoms with Gasteiger partial charge in [0.05, 0.1) is 23.0 Å². The van der Waals surface area contributed by atoms with Crippen molar-refractivity contribution in [1.29, 1.82) is 0 Å². The minimum Gasteiger partial charge on any atom is -0.335 e. The second-order valence-corrected chi connectivity index (χ2v) is 10.2. The van der Waals surface area contributed by atoms with E-state index in [1.165, 1.54) is 11.1 Å². The maximum Gasteiger partial charge on any atom is 0.254 e. The minimum absolute atomic E-state index is 0.0134. The van der Waals surface area contributed by atoms with Gasteiger partial charge in [-0.2, -0.15) is 0 Å². The molecule has 0 N–H and O–H groups in total. The van der Waals surface area contributed by atoms with Crippen molar-refractivity contribution in [3.63, 3.8) is 0 Å². The monoisotopic (exact) mass is 412 g/mol. The highest BCUT2D eigenvalue weighted by Crippen LogP contribution is 2.56. The van der Waals surface area contributed by atoms with Gasteiger partial charge in [0.25, 0.3) is 5.91 Å². The smallest absolute Gasteiger partial charge is 0.254 e. The first-order valence-corrected chi connectivity index (χ1v) is 11.2. The maximum atomic E-state index is 13.7. The molecular weight excluding hydrogens is 384 g/mol. The largest absolute Gasteiger partial charge is 0.335 e. The zero-order chi connectivity index (χ0) is 21.5. The fourth-order valence-corrected chi connectivity index (χ4v) is 6.19. The second kappa shape index (κ2) is 6.06. The molecule has 2 atom stereocenters. The van der Waals surface area contributed by atoms with E-state index < -0.39 is 0 Å². The number of imidazole rings is 1. The number of carbonyl (C=O) groups excluding carboxylic acids is 1. The number of benzene rings is 2. The Morgan fingerprint density at radius 1 is 1.13 bits per heavy atom. The van der Waals surface area contributed by atoms with E-state index in [9.17, 15) is 4.79 Å². The van der Waals surface area contributed by atoms with E-state index >= 15 is 0 Å². The molecule has 0 spiro atoms.